The van der Waals surface area contributed by atoms with E-state index in [1.54, 1.807) is 0 Å². The zero-order valence-electron chi connectivity index (χ0n) is 10.8. The van der Waals surface area contributed by atoms with Gasteiger partial charge in [-0.2, -0.15) is 0 Å². The number of nitrogens with two attached hydrogens (primary N) is 1. The molecule has 1 aromatic rings. The van der Waals surface area contributed by atoms with Gasteiger partial charge in [0.15, 0.2) is 0 Å². The van der Waals surface area contributed by atoms with Crippen molar-refractivity contribution in [1.29, 1.82) is 0 Å². The Hall–Kier alpha value is -1.20. The SMILES string of the molecule is NCCc1cnc(N2CCN(C3CC3)CC2)nc1. The molecule has 5 heteroatoms. The monoisotopic (exact) mass is 247 g/mol. The van der Waals surface area contributed by atoms with E-state index in [0.717, 1.165) is 50.2 Å². The van der Waals surface area contributed by atoms with E-state index >= 15 is 0 Å². The zero-order chi connectivity index (χ0) is 12.4. The molecule has 2 fully saturated rings. The molecule has 3 rings (SSSR count). The van der Waals surface area contributed by atoms with Gasteiger partial charge in [-0.1, -0.05) is 0 Å². The number of rotatable bonds is 4. The summed E-state index contributed by atoms with van der Waals surface area (Å²) in [5.41, 5.74) is 6.64. The van der Waals surface area contributed by atoms with Gasteiger partial charge in [-0.25, -0.2) is 9.97 Å². The van der Waals surface area contributed by atoms with E-state index in [1.807, 2.05) is 12.4 Å². The Balaban J connectivity index is 1.57. The van der Waals surface area contributed by atoms with Crippen LogP contribution in [-0.4, -0.2) is 53.6 Å². The maximum Gasteiger partial charge on any atom is 0.225 e. The van der Waals surface area contributed by atoms with Gasteiger partial charge in [0.05, 0.1) is 0 Å². The molecule has 1 aliphatic carbocycles. The highest BCUT2D eigenvalue weighted by Crippen LogP contribution is 2.27. The number of anilines is 1. The highest BCUT2D eigenvalue weighted by Gasteiger charge is 2.31. The molecule has 2 N–H and O–H groups in total. The number of aromatic nitrogens is 2. The van der Waals surface area contributed by atoms with Gasteiger partial charge in [0.1, 0.15) is 0 Å². The van der Waals surface area contributed by atoms with E-state index in [2.05, 4.69) is 19.8 Å². The summed E-state index contributed by atoms with van der Waals surface area (Å²) < 4.78 is 0. The lowest BCUT2D eigenvalue weighted by Crippen LogP contribution is -2.47. The molecule has 0 unspecified atom stereocenters. The third-order valence-corrected chi connectivity index (χ3v) is 3.79. The van der Waals surface area contributed by atoms with Gasteiger partial charge >= 0.3 is 0 Å². The average molecular weight is 247 g/mol. The van der Waals surface area contributed by atoms with Crippen LogP contribution < -0.4 is 10.6 Å². The lowest BCUT2D eigenvalue weighted by Gasteiger charge is -2.34. The standard InChI is InChI=1S/C13H21N5/c14-4-3-11-9-15-13(16-10-11)18-7-5-17(6-8-18)12-1-2-12/h9-10,12H,1-8,14H2. The smallest absolute Gasteiger partial charge is 0.225 e. The second-order valence-corrected chi connectivity index (χ2v) is 5.18. The molecule has 0 spiro atoms. The Morgan fingerprint density at radius 1 is 1.11 bits per heavy atom. The maximum absolute atomic E-state index is 5.52. The van der Waals surface area contributed by atoms with Crippen LogP contribution in [0.25, 0.3) is 0 Å². The lowest BCUT2D eigenvalue weighted by molar-refractivity contribution is 0.247. The first kappa shape index (κ1) is 11.9. The first-order valence-electron chi connectivity index (χ1n) is 6.87. The quantitative estimate of drug-likeness (QED) is 0.827. The van der Waals surface area contributed by atoms with Crippen LogP contribution >= 0.6 is 0 Å². The van der Waals surface area contributed by atoms with Crippen LogP contribution in [-0.2, 0) is 6.42 Å². The van der Waals surface area contributed by atoms with Crippen molar-refractivity contribution in [1.82, 2.24) is 14.9 Å². The Morgan fingerprint density at radius 3 is 2.33 bits per heavy atom. The van der Waals surface area contributed by atoms with Gasteiger partial charge in [0.25, 0.3) is 0 Å². The lowest BCUT2D eigenvalue weighted by atomic mass is 10.2. The highest BCUT2D eigenvalue weighted by atomic mass is 15.3. The second kappa shape index (κ2) is 5.20. The van der Waals surface area contributed by atoms with E-state index in [-0.39, 0.29) is 0 Å². The van der Waals surface area contributed by atoms with E-state index in [9.17, 15) is 0 Å². The van der Waals surface area contributed by atoms with Gasteiger partial charge in [0.2, 0.25) is 5.95 Å². The molecule has 2 aliphatic rings. The average Bonchev–Trinajstić information content (AvgIpc) is 3.25. The van der Waals surface area contributed by atoms with Crippen LogP contribution in [0.5, 0.6) is 0 Å². The van der Waals surface area contributed by atoms with Crippen molar-refractivity contribution in [3.8, 4) is 0 Å². The molecule has 98 valence electrons. The summed E-state index contributed by atoms with van der Waals surface area (Å²) in [6, 6.07) is 0.875. The van der Waals surface area contributed by atoms with E-state index in [4.69, 9.17) is 5.73 Å². The minimum atomic E-state index is 0.656. The second-order valence-electron chi connectivity index (χ2n) is 5.18. The minimum absolute atomic E-state index is 0.656. The summed E-state index contributed by atoms with van der Waals surface area (Å²) >= 11 is 0. The van der Waals surface area contributed by atoms with E-state index in [1.165, 1.54) is 12.8 Å². The Kier molecular flexibility index (Phi) is 3.43. The predicted octanol–water partition coefficient (Wildman–Crippen LogP) is 0.262. The van der Waals surface area contributed by atoms with Crippen molar-refractivity contribution >= 4 is 5.95 Å². The molecule has 18 heavy (non-hydrogen) atoms. The summed E-state index contributed by atoms with van der Waals surface area (Å²) in [5.74, 6) is 0.867. The molecular formula is C13H21N5. The number of nitrogens with zero attached hydrogens (tertiary/aromatic N) is 4. The molecule has 0 aromatic carbocycles. The van der Waals surface area contributed by atoms with Gasteiger partial charge in [-0.05, 0) is 31.4 Å². The molecule has 1 aliphatic heterocycles. The third-order valence-electron chi connectivity index (χ3n) is 3.79. The van der Waals surface area contributed by atoms with Crippen molar-refractivity contribution in [3.05, 3.63) is 18.0 Å². The molecule has 0 atom stereocenters. The molecule has 1 saturated carbocycles. The molecule has 0 bridgehead atoms. The number of hydrogen-bond donors (Lipinski definition) is 1. The van der Waals surface area contributed by atoms with Crippen molar-refractivity contribution in [2.75, 3.05) is 37.6 Å². The molecule has 2 heterocycles. The van der Waals surface area contributed by atoms with Gasteiger partial charge in [0, 0.05) is 44.6 Å². The number of hydrogen-bond acceptors (Lipinski definition) is 5. The topological polar surface area (TPSA) is 58.3 Å². The molecule has 1 saturated heterocycles. The first-order valence-corrected chi connectivity index (χ1v) is 6.87. The fourth-order valence-corrected chi connectivity index (χ4v) is 2.53. The normalized spacial score (nSPS) is 21.3. The van der Waals surface area contributed by atoms with Crippen molar-refractivity contribution in [2.45, 2.75) is 25.3 Å². The summed E-state index contributed by atoms with van der Waals surface area (Å²) in [5, 5.41) is 0. The van der Waals surface area contributed by atoms with Crippen molar-refractivity contribution in [2.24, 2.45) is 5.73 Å². The van der Waals surface area contributed by atoms with Crippen molar-refractivity contribution in [3.63, 3.8) is 0 Å². The van der Waals surface area contributed by atoms with Crippen LogP contribution in [0.4, 0.5) is 5.95 Å². The van der Waals surface area contributed by atoms with Crippen LogP contribution in [0.2, 0.25) is 0 Å². The summed E-state index contributed by atoms with van der Waals surface area (Å²) in [4.78, 5) is 13.8. The molecule has 0 amide bonds. The molecule has 5 nitrogen and oxygen atoms in total. The van der Waals surface area contributed by atoms with Crippen LogP contribution in [0.3, 0.4) is 0 Å². The Bertz CT molecular complexity index is 379. The molecule has 1 aromatic heterocycles. The summed E-state index contributed by atoms with van der Waals surface area (Å²) in [6.07, 6.45) is 7.45. The molecule has 0 radical (unpaired) electrons. The van der Waals surface area contributed by atoms with Crippen LogP contribution in [0.1, 0.15) is 18.4 Å². The Labute approximate surface area is 108 Å². The third kappa shape index (κ3) is 2.62. The largest absolute Gasteiger partial charge is 0.338 e. The first-order chi connectivity index (χ1) is 8.86. The van der Waals surface area contributed by atoms with Gasteiger partial charge in [-0.15, -0.1) is 0 Å². The van der Waals surface area contributed by atoms with E-state index < -0.39 is 0 Å². The highest BCUT2D eigenvalue weighted by molar-refractivity contribution is 5.30. The predicted molar refractivity (Wildman–Crippen MR) is 71.6 cm³/mol. The van der Waals surface area contributed by atoms with E-state index in [0.29, 0.717) is 6.54 Å². The van der Waals surface area contributed by atoms with Crippen LogP contribution in [0, 0.1) is 0 Å². The van der Waals surface area contributed by atoms with Gasteiger partial charge in [-0.3, -0.25) is 4.90 Å². The zero-order valence-corrected chi connectivity index (χ0v) is 10.8. The number of piperazine rings is 1. The van der Waals surface area contributed by atoms with Gasteiger partial charge < -0.3 is 10.6 Å². The van der Waals surface area contributed by atoms with Crippen LogP contribution in [0.15, 0.2) is 12.4 Å². The summed E-state index contributed by atoms with van der Waals surface area (Å²) in [6.45, 7) is 5.05. The fraction of sp³-hybridized carbons (Fsp3) is 0.692. The summed E-state index contributed by atoms with van der Waals surface area (Å²) in [7, 11) is 0. The molecular weight excluding hydrogens is 226 g/mol. The maximum atomic E-state index is 5.52. The fourth-order valence-electron chi connectivity index (χ4n) is 2.53. The van der Waals surface area contributed by atoms with Crippen molar-refractivity contribution < 1.29 is 0 Å². The Morgan fingerprint density at radius 2 is 1.78 bits per heavy atom. The minimum Gasteiger partial charge on any atom is -0.338 e.